The van der Waals surface area contributed by atoms with Crippen molar-refractivity contribution in [3.8, 4) is 11.5 Å². The van der Waals surface area contributed by atoms with Crippen molar-refractivity contribution in [3.63, 3.8) is 0 Å². The summed E-state index contributed by atoms with van der Waals surface area (Å²) in [7, 11) is 3.18. The molecular weight excluding hydrogens is 356 g/mol. The van der Waals surface area contributed by atoms with Crippen LogP contribution >= 0.6 is 0 Å². The van der Waals surface area contributed by atoms with Crippen LogP contribution < -0.4 is 19.7 Å². The Labute approximate surface area is 163 Å². The molecule has 1 aliphatic rings. The second-order valence-corrected chi connectivity index (χ2v) is 6.92. The third-order valence-electron chi connectivity index (χ3n) is 5.13. The van der Waals surface area contributed by atoms with Crippen LogP contribution in [0.15, 0.2) is 42.5 Å². The number of piperidine rings is 1. The molecule has 1 saturated heterocycles. The number of H-pyrrole nitrogens is 1. The molecule has 1 aliphatic heterocycles. The van der Waals surface area contributed by atoms with Gasteiger partial charge in [-0.05, 0) is 37.1 Å². The molecule has 1 fully saturated rings. The Balaban J connectivity index is 1.49. The minimum absolute atomic E-state index is 0.0210. The highest BCUT2D eigenvalue weighted by atomic mass is 16.5. The predicted octanol–water partition coefficient (Wildman–Crippen LogP) is 3.44. The largest absolute Gasteiger partial charge is 0.497 e. The minimum atomic E-state index is -0.127. The van der Waals surface area contributed by atoms with Crippen LogP contribution in [0.3, 0.4) is 0 Å². The molecule has 7 nitrogen and oxygen atoms in total. The van der Waals surface area contributed by atoms with Gasteiger partial charge in [-0.3, -0.25) is 4.79 Å². The number of amides is 1. The van der Waals surface area contributed by atoms with Gasteiger partial charge in [0.2, 0.25) is 11.9 Å². The summed E-state index contributed by atoms with van der Waals surface area (Å²) in [4.78, 5) is 23.1. The van der Waals surface area contributed by atoms with E-state index in [0.29, 0.717) is 23.7 Å². The van der Waals surface area contributed by atoms with Crippen LogP contribution in [0.1, 0.15) is 12.8 Å². The van der Waals surface area contributed by atoms with Crippen molar-refractivity contribution in [2.45, 2.75) is 12.8 Å². The van der Waals surface area contributed by atoms with Crippen molar-refractivity contribution < 1.29 is 14.3 Å². The van der Waals surface area contributed by atoms with E-state index >= 15 is 0 Å². The first-order valence-corrected chi connectivity index (χ1v) is 9.40. The third kappa shape index (κ3) is 3.60. The molecule has 4 rings (SSSR count). The van der Waals surface area contributed by atoms with E-state index in [1.165, 1.54) is 0 Å². The second-order valence-electron chi connectivity index (χ2n) is 6.92. The molecule has 1 unspecified atom stereocenters. The standard InChI is InChI=1S/C21H24N4O3/c1-27-15-9-10-19(28-2)18(12-15)22-20(26)14-6-5-11-25(13-14)21-23-16-7-3-4-8-17(16)24-21/h3-4,7-10,12,14H,5-6,11,13H2,1-2H3,(H,22,26)(H,23,24). The van der Waals surface area contributed by atoms with E-state index in [4.69, 9.17) is 9.47 Å². The number of hydrogen-bond acceptors (Lipinski definition) is 5. The smallest absolute Gasteiger partial charge is 0.229 e. The number of imidazole rings is 1. The fourth-order valence-corrected chi connectivity index (χ4v) is 3.62. The first kappa shape index (κ1) is 18.2. The Morgan fingerprint density at radius 3 is 2.86 bits per heavy atom. The number of rotatable bonds is 5. The van der Waals surface area contributed by atoms with E-state index in [1.54, 1.807) is 32.4 Å². The number of ether oxygens (including phenoxy) is 2. The fourth-order valence-electron chi connectivity index (χ4n) is 3.62. The minimum Gasteiger partial charge on any atom is -0.497 e. The summed E-state index contributed by atoms with van der Waals surface area (Å²) in [6, 6.07) is 13.3. The molecule has 1 atom stereocenters. The van der Waals surface area contributed by atoms with Gasteiger partial charge in [-0.25, -0.2) is 4.98 Å². The molecule has 3 aromatic rings. The van der Waals surface area contributed by atoms with Crippen molar-refractivity contribution in [3.05, 3.63) is 42.5 Å². The SMILES string of the molecule is COc1ccc(OC)c(NC(=O)C2CCCN(c3nc4ccccc4[nH]3)C2)c1. The summed E-state index contributed by atoms with van der Waals surface area (Å²) in [6.45, 7) is 1.50. The number of benzene rings is 2. The summed E-state index contributed by atoms with van der Waals surface area (Å²) >= 11 is 0. The van der Waals surface area contributed by atoms with Crippen molar-refractivity contribution >= 4 is 28.6 Å². The van der Waals surface area contributed by atoms with Gasteiger partial charge in [-0.2, -0.15) is 0 Å². The van der Waals surface area contributed by atoms with Gasteiger partial charge in [-0.15, -0.1) is 0 Å². The van der Waals surface area contributed by atoms with Gasteiger partial charge in [0.1, 0.15) is 11.5 Å². The van der Waals surface area contributed by atoms with E-state index in [-0.39, 0.29) is 11.8 Å². The molecule has 0 aliphatic carbocycles. The number of methoxy groups -OCH3 is 2. The zero-order valence-electron chi connectivity index (χ0n) is 16.1. The van der Waals surface area contributed by atoms with E-state index < -0.39 is 0 Å². The molecule has 1 aromatic heterocycles. The zero-order chi connectivity index (χ0) is 19.5. The number of para-hydroxylation sites is 2. The maximum atomic E-state index is 12.9. The van der Waals surface area contributed by atoms with Crippen molar-refractivity contribution in [1.29, 1.82) is 0 Å². The van der Waals surface area contributed by atoms with E-state index in [9.17, 15) is 4.79 Å². The fraction of sp³-hybridized carbons (Fsp3) is 0.333. The van der Waals surface area contributed by atoms with Crippen LogP contribution in [-0.4, -0.2) is 43.2 Å². The Hall–Kier alpha value is -3.22. The molecule has 2 aromatic carbocycles. The molecule has 0 radical (unpaired) electrons. The van der Waals surface area contributed by atoms with Gasteiger partial charge in [0.15, 0.2) is 0 Å². The second kappa shape index (κ2) is 7.80. The summed E-state index contributed by atoms with van der Waals surface area (Å²) in [6.07, 6.45) is 1.78. The molecule has 28 heavy (non-hydrogen) atoms. The highest BCUT2D eigenvalue weighted by molar-refractivity contribution is 5.94. The number of nitrogens with one attached hydrogen (secondary N) is 2. The van der Waals surface area contributed by atoms with Crippen molar-refractivity contribution in [2.75, 3.05) is 37.5 Å². The average molecular weight is 380 g/mol. The number of aromatic amines is 1. The maximum Gasteiger partial charge on any atom is 0.229 e. The van der Waals surface area contributed by atoms with Crippen LogP contribution in [0.2, 0.25) is 0 Å². The monoisotopic (exact) mass is 380 g/mol. The molecule has 2 N–H and O–H groups in total. The van der Waals surface area contributed by atoms with Crippen molar-refractivity contribution in [1.82, 2.24) is 9.97 Å². The molecule has 0 spiro atoms. The van der Waals surface area contributed by atoms with Crippen LogP contribution in [0.5, 0.6) is 11.5 Å². The molecular formula is C21H24N4O3. The molecule has 146 valence electrons. The molecule has 1 amide bonds. The van der Waals surface area contributed by atoms with Gasteiger partial charge in [0.25, 0.3) is 0 Å². The number of fused-ring (bicyclic) bond motifs is 1. The Morgan fingerprint density at radius 2 is 2.07 bits per heavy atom. The lowest BCUT2D eigenvalue weighted by molar-refractivity contribution is -0.120. The van der Waals surface area contributed by atoms with Gasteiger partial charge in [0.05, 0.1) is 36.9 Å². The summed E-state index contributed by atoms with van der Waals surface area (Å²) in [5.74, 6) is 1.95. The number of anilines is 2. The van der Waals surface area contributed by atoms with Gasteiger partial charge in [0, 0.05) is 19.2 Å². The maximum absolute atomic E-state index is 12.9. The summed E-state index contributed by atoms with van der Waals surface area (Å²) in [5.41, 5.74) is 2.56. The highest BCUT2D eigenvalue weighted by Crippen LogP contribution is 2.30. The Morgan fingerprint density at radius 1 is 1.21 bits per heavy atom. The Bertz CT molecular complexity index is 952. The first-order chi connectivity index (χ1) is 13.7. The molecule has 0 bridgehead atoms. The van der Waals surface area contributed by atoms with Crippen molar-refractivity contribution in [2.24, 2.45) is 5.92 Å². The van der Waals surface area contributed by atoms with Crippen LogP contribution in [-0.2, 0) is 4.79 Å². The normalized spacial score (nSPS) is 16.8. The predicted molar refractivity (Wildman–Crippen MR) is 109 cm³/mol. The summed E-state index contributed by atoms with van der Waals surface area (Å²) in [5, 5.41) is 3.00. The zero-order valence-corrected chi connectivity index (χ0v) is 16.1. The van der Waals surface area contributed by atoms with E-state index in [0.717, 1.165) is 36.4 Å². The number of nitrogens with zero attached hydrogens (tertiary/aromatic N) is 2. The molecule has 7 heteroatoms. The number of carbonyl (C=O) groups excluding carboxylic acids is 1. The van der Waals surface area contributed by atoms with Gasteiger partial charge in [-0.1, -0.05) is 12.1 Å². The van der Waals surface area contributed by atoms with Gasteiger partial charge >= 0.3 is 0 Å². The topological polar surface area (TPSA) is 79.5 Å². The van der Waals surface area contributed by atoms with Crippen LogP contribution in [0.4, 0.5) is 11.6 Å². The lowest BCUT2D eigenvalue weighted by Crippen LogP contribution is -2.41. The highest BCUT2D eigenvalue weighted by Gasteiger charge is 2.28. The molecule has 2 heterocycles. The lowest BCUT2D eigenvalue weighted by atomic mass is 9.97. The average Bonchev–Trinajstić information content (AvgIpc) is 3.18. The lowest BCUT2D eigenvalue weighted by Gasteiger charge is -2.31. The summed E-state index contributed by atoms with van der Waals surface area (Å²) < 4.78 is 10.6. The number of aromatic nitrogens is 2. The van der Waals surface area contributed by atoms with E-state index in [1.807, 2.05) is 24.3 Å². The molecule has 0 saturated carbocycles. The quantitative estimate of drug-likeness (QED) is 0.709. The first-order valence-electron chi connectivity index (χ1n) is 9.40. The number of hydrogen-bond donors (Lipinski definition) is 2. The van der Waals surface area contributed by atoms with Gasteiger partial charge < -0.3 is 24.7 Å². The van der Waals surface area contributed by atoms with Crippen LogP contribution in [0, 0.1) is 5.92 Å². The number of carbonyl (C=O) groups is 1. The van der Waals surface area contributed by atoms with Crippen LogP contribution in [0.25, 0.3) is 11.0 Å². The third-order valence-corrected chi connectivity index (χ3v) is 5.13. The van der Waals surface area contributed by atoms with E-state index in [2.05, 4.69) is 20.2 Å². The Kier molecular flexibility index (Phi) is 5.06.